The molecule has 1 aromatic carbocycles. The van der Waals surface area contributed by atoms with Crippen LogP contribution in [-0.4, -0.2) is 7.05 Å². The van der Waals surface area contributed by atoms with Gasteiger partial charge in [-0.1, -0.05) is 0 Å². The molecule has 0 bridgehead atoms. The summed E-state index contributed by atoms with van der Waals surface area (Å²) >= 11 is 0. The van der Waals surface area contributed by atoms with E-state index in [-0.39, 0.29) is 12.0 Å². The first-order valence-electron chi connectivity index (χ1n) is 4.87. The normalized spacial score (nSPS) is 13.2. The standard InChI is InChI=1S/C12H11F4N/c1-3-4-11(17-2)9-7-8(13)5-6-10(9)12(14,15)16/h1,5-7,11,17H,4H2,2H3. The average molecular weight is 245 g/mol. The quantitative estimate of drug-likeness (QED) is 0.637. The van der Waals surface area contributed by atoms with E-state index in [1.165, 1.54) is 7.05 Å². The molecular formula is C12H11F4N. The Bertz CT molecular complexity index is 431. The summed E-state index contributed by atoms with van der Waals surface area (Å²) in [5.74, 6) is 1.55. The van der Waals surface area contributed by atoms with Crippen molar-refractivity contribution in [1.29, 1.82) is 0 Å². The lowest BCUT2D eigenvalue weighted by Gasteiger charge is -2.19. The zero-order valence-electron chi connectivity index (χ0n) is 9.11. The molecule has 0 fully saturated rings. The predicted molar refractivity (Wildman–Crippen MR) is 56.7 cm³/mol. The van der Waals surface area contributed by atoms with Crippen LogP contribution in [-0.2, 0) is 6.18 Å². The van der Waals surface area contributed by atoms with Gasteiger partial charge in [0, 0.05) is 12.5 Å². The van der Waals surface area contributed by atoms with Crippen molar-refractivity contribution in [2.75, 3.05) is 7.05 Å². The van der Waals surface area contributed by atoms with E-state index in [2.05, 4.69) is 11.2 Å². The second-order valence-corrected chi connectivity index (χ2v) is 3.48. The smallest absolute Gasteiger partial charge is 0.312 e. The third-order valence-corrected chi connectivity index (χ3v) is 2.36. The van der Waals surface area contributed by atoms with Gasteiger partial charge in [-0.15, -0.1) is 12.3 Å². The highest BCUT2D eigenvalue weighted by Crippen LogP contribution is 2.35. The van der Waals surface area contributed by atoms with E-state index in [0.29, 0.717) is 0 Å². The Morgan fingerprint density at radius 1 is 1.41 bits per heavy atom. The number of benzene rings is 1. The minimum absolute atomic E-state index is 0.0586. The van der Waals surface area contributed by atoms with Gasteiger partial charge in [-0.25, -0.2) is 4.39 Å². The maximum absolute atomic E-state index is 13.0. The van der Waals surface area contributed by atoms with Crippen molar-refractivity contribution in [2.24, 2.45) is 0 Å². The summed E-state index contributed by atoms with van der Waals surface area (Å²) in [4.78, 5) is 0. The predicted octanol–water partition coefficient (Wildman–Crippen LogP) is 3.13. The maximum atomic E-state index is 13.0. The van der Waals surface area contributed by atoms with Gasteiger partial charge in [-0.05, 0) is 30.8 Å². The van der Waals surface area contributed by atoms with Crippen molar-refractivity contribution < 1.29 is 17.6 Å². The van der Waals surface area contributed by atoms with Crippen LogP contribution in [0, 0.1) is 18.2 Å². The zero-order valence-corrected chi connectivity index (χ0v) is 9.11. The molecule has 92 valence electrons. The van der Waals surface area contributed by atoms with Gasteiger partial charge in [0.2, 0.25) is 0 Å². The fourth-order valence-electron chi connectivity index (χ4n) is 1.57. The lowest BCUT2D eigenvalue weighted by molar-refractivity contribution is -0.138. The first-order chi connectivity index (χ1) is 7.90. The van der Waals surface area contributed by atoms with E-state index in [1.807, 2.05) is 0 Å². The van der Waals surface area contributed by atoms with Crippen LogP contribution in [0.5, 0.6) is 0 Å². The Labute approximate surface area is 96.8 Å². The summed E-state index contributed by atoms with van der Waals surface area (Å²) in [7, 11) is 1.48. The third kappa shape index (κ3) is 3.21. The van der Waals surface area contributed by atoms with Crippen LogP contribution >= 0.6 is 0 Å². The van der Waals surface area contributed by atoms with E-state index in [9.17, 15) is 17.6 Å². The highest BCUT2D eigenvalue weighted by molar-refractivity contribution is 5.33. The maximum Gasteiger partial charge on any atom is 0.416 e. The molecule has 1 atom stereocenters. The van der Waals surface area contributed by atoms with E-state index in [4.69, 9.17) is 6.42 Å². The molecule has 1 nitrogen and oxygen atoms in total. The van der Waals surface area contributed by atoms with Gasteiger partial charge >= 0.3 is 6.18 Å². The Morgan fingerprint density at radius 3 is 2.53 bits per heavy atom. The van der Waals surface area contributed by atoms with Crippen LogP contribution in [0.2, 0.25) is 0 Å². The molecule has 0 aliphatic rings. The molecule has 0 aliphatic heterocycles. The molecule has 17 heavy (non-hydrogen) atoms. The zero-order chi connectivity index (χ0) is 13.1. The lowest BCUT2D eigenvalue weighted by Crippen LogP contribution is -2.21. The number of halogens is 4. The van der Waals surface area contributed by atoms with Crippen molar-refractivity contribution in [2.45, 2.75) is 18.6 Å². The Kier molecular flexibility index (Phi) is 4.13. The summed E-state index contributed by atoms with van der Waals surface area (Å²) in [6.45, 7) is 0. The van der Waals surface area contributed by atoms with Crippen LogP contribution in [0.15, 0.2) is 18.2 Å². The first-order valence-corrected chi connectivity index (χ1v) is 4.87. The van der Waals surface area contributed by atoms with E-state index in [0.717, 1.165) is 18.2 Å². The van der Waals surface area contributed by atoms with Gasteiger partial charge in [-0.2, -0.15) is 13.2 Å². The van der Waals surface area contributed by atoms with Crippen LogP contribution in [0.4, 0.5) is 17.6 Å². The summed E-state index contributed by atoms with van der Waals surface area (Å²) in [6.07, 6.45) is 0.612. The van der Waals surface area contributed by atoms with Gasteiger partial charge in [0.25, 0.3) is 0 Å². The Morgan fingerprint density at radius 2 is 2.06 bits per heavy atom. The molecule has 0 spiro atoms. The molecule has 5 heteroatoms. The topological polar surface area (TPSA) is 12.0 Å². The van der Waals surface area contributed by atoms with Crippen molar-refractivity contribution in [3.8, 4) is 12.3 Å². The fourth-order valence-corrected chi connectivity index (χ4v) is 1.57. The molecule has 0 aliphatic carbocycles. The Hall–Kier alpha value is -1.54. The van der Waals surface area contributed by atoms with Crippen LogP contribution in [0.25, 0.3) is 0 Å². The number of alkyl halides is 3. The van der Waals surface area contributed by atoms with Gasteiger partial charge < -0.3 is 5.32 Å². The molecule has 0 heterocycles. The highest BCUT2D eigenvalue weighted by atomic mass is 19.4. The second-order valence-electron chi connectivity index (χ2n) is 3.48. The van der Waals surface area contributed by atoms with E-state index in [1.54, 1.807) is 0 Å². The van der Waals surface area contributed by atoms with Crippen LogP contribution < -0.4 is 5.32 Å². The number of rotatable bonds is 3. The van der Waals surface area contributed by atoms with Gasteiger partial charge in [-0.3, -0.25) is 0 Å². The van der Waals surface area contributed by atoms with Gasteiger partial charge in [0.05, 0.1) is 5.56 Å². The summed E-state index contributed by atoms with van der Waals surface area (Å²) in [5.41, 5.74) is -1.04. The minimum Gasteiger partial charge on any atom is -0.312 e. The largest absolute Gasteiger partial charge is 0.416 e. The van der Waals surface area contributed by atoms with Crippen LogP contribution in [0.3, 0.4) is 0 Å². The van der Waals surface area contributed by atoms with Crippen LogP contribution in [0.1, 0.15) is 23.6 Å². The molecular weight excluding hydrogens is 234 g/mol. The summed E-state index contributed by atoms with van der Waals surface area (Å²) < 4.78 is 51.2. The van der Waals surface area contributed by atoms with Gasteiger partial charge in [0.15, 0.2) is 0 Å². The van der Waals surface area contributed by atoms with E-state index >= 15 is 0 Å². The number of hydrogen-bond donors (Lipinski definition) is 1. The van der Waals surface area contributed by atoms with E-state index < -0.39 is 23.6 Å². The molecule has 0 amide bonds. The number of hydrogen-bond acceptors (Lipinski definition) is 1. The average Bonchev–Trinajstić information content (AvgIpc) is 2.24. The molecule has 1 rings (SSSR count). The lowest BCUT2D eigenvalue weighted by atomic mass is 9.97. The molecule has 0 aromatic heterocycles. The highest BCUT2D eigenvalue weighted by Gasteiger charge is 2.35. The molecule has 0 saturated heterocycles. The van der Waals surface area contributed by atoms with Crippen molar-refractivity contribution >= 4 is 0 Å². The van der Waals surface area contributed by atoms with Crippen molar-refractivity contribution in [1.82, 2.24) is 5.32 Å². The SMILES string of the molecule is C#CCC(NC)c1cc(F)ccc1C(F)(F)F. The number of nitrogens with one attached hydrogen (secondary N) is 1. The summed E-state index contributed by atoms with van der Waals surface area (Å²) in [5, 5.41) is 2.65. The van der Waals surface area contributed by atoms with Crippen molar-refractivity contribution in [3.05, 3.63) is 35.1 Å². The molecule has 0 radical (unpaired) electrons. The fraction of sp³-hybridized carbons (Fsp3) is 0.333. The Balaban J connectivity index is 3.29. The van der Waals surface area contributed by atoms with Crippen molar-refractivity contribution in [3.63, 3.8) is 0 Å². The first kappa shape index (κ1) is 13.5. The number of terminal acetylenes is 1. The second kappa shape index (κ2) is 5.19. The molecule has 1 unspecified atom stereocenters. The summed E-state index contributed by atoms with van der Waals surface area (Å²) in [6, 6.07) is 1.66. The monoisotopic (exact) mass is 245 g/mol. The third-order valence-electron chi connectivity index (χ3n) is 2.36. The molecule has 0 saturated carbocycles. The molecule has 1 N–H and O–H groups in total. The van der Waals surface area contributed by atoms with Gasteiger partial charge in [0.1, 0.15) is 5.82 Å². The molecule has 1 aromatic rings. The minimum atomic E-state index is -4.52.